The third kappa shape index (κ3) is 13.8. The van der Waals surface area contributed by atoms with Gasteiger partial charge in [-0.25, -0.2) is 17.6 Å². The van der Waals surface area contributed by atoms with E-state index in [1.165, 1.54) is 124 Å². The highest BCUT2D eigenvalue weighted by atomic mass is 35.5. The van der Waals surface area contributed by atoms with Gasteiger partial charge in [-0.3, -0.25) is 37.9 Å². The van der Waals surface area contributed by atoms with Crippen molar-refractivity contribution < 1.29 is 36.7 Å². The van der Waals surface area contributed by atoms with Crippen molar-refractivity contribution in [2.24, 2.45) is 51.9 Å². The second-order valence-corrected chi connectivity index (χ2v) is 33.1. The number of fused-ring (bicyclic) bond motifs is 20. The number of alkyl halides is 4. The first-order valence-corrected chi connectivity index (χ1v) is 40.2. The molecular formula is C86H106Cl2F4N12O4. The molecule has 4 heterocycles. The van der Waals surface area contributed by atoms with Gasteiger partial charge in [-0.15, -0.1) is 0 Å². The number of carbonyl (C=O) groups excluding carboxylic acids is 4. The first-order valence-electron chi connectivity index (χ1n) is 39.4. The number of nitrogens with one attached hydrogen (secondary N) is 4. The van der Waals surface area contributed by atoms with Crippen LogP contribution in [0.5, 0.6) is 0 Å². The van der Waals surface area contributed by atoms with Crippen molar-refractivity contribution in [3.05, 3.63) is 208 Å². The number of hydrogen-bond donors (Lipinski definition) is 4. The van der Waals surface area contributed by atoms with Crippen LogP contribution in [0.15, 0.2) is 97.6 Å². The second kappa shape index (κ2) is 31.3. The summed E-state index contributed by atoms with van der Waals surface area (Å²) in [5, 5.41) is 29.9. The van der Waals surface area contributed by atoms with Crippen molar-refractivity contribution in [1.82, 2.24) is 60.4 Å². The Labute approximate surface area is 643 Å². The monoisotopic (exact) mass is 1520 g/mol. The maximum atomic E-state index is 13.4. The minimum absolute atomic E-state index is 0.0230. The van der Waals surface area contributed by atoms with Crippen molar-refractivity contribution in [2.45, 2.75) is 242 Å². The number of amides is 4. The molecule has 4 aromatic carbocycles. The van der Waals surface area contributed by atoms with Crippen LogP contribution in [0.2, 0.25) is 10.3 Å². The molecule has 12 atom stereocenters. The maximum absolute atomic E-state index is 13.4. The van der Waals surface area contributed by atoms with Gasteiger partial charge in [0.2, 0.25) is 0 Å². The SMILES string of the molecule is CCCCC1C2CCC1(NC(=O)c1cn(C)nc1C(F)F)c1ccc(C)cc12.CCCCC1C2CCC1(NC(=O)c1cn(C)nc1C(F)F)c1ccc(C)cc12.CCCCC1C2CCC1(NC(=O)c1cnn(C)c1Cl)c1ccc(C)cc12.CCCCC1C2CCC1(NC(=O)c1cnn(C)c1Cl)c1ccc(C)cc12. The lowest BCUT2D eigenvalue weighted by Gasteiger charge is -2.35. The van der Waals surface area contributed by atoms with E-state index < -0.39 is 47.1 Å². The van der Waals surface area contributed by atoms with Gasteiger partial charge in [-0.1, -0.05) is 197 Å². The van der Waals surface area contributed by atoms with E-state index in [1.54, 1.807) is 40.6 Å². The molecule has 16 rings (SSSR count). The zero-order valence-corrected chi connectivity index (χ0v) is 66.1. The lowest BCUT2D eigenvalue weighted by molar-refractivity contribution is 0.0848. The molecule has 4 aromatic heterocycles. The standard InChI is InChI=1S/2C22H27F2N3O.2C21H26ClN3O/c2*1-4-5-6-17-14-9-10-22(17,18-8-7-13(2)11-15(14)18)25-21(28)16-12-27(3)26-19(16)20(23)24;2*1-4-5-6-17-14-9-10-21(17,18-8-7-13(2)11-15(14)18)24-20(26)16-12-23-25(3)19(16)22/h2*7-8,11-12,14,17,20H,4-6,9-10H2,1-3H3,(H,25,28);2*7-8,11-12,14,17H,4-6,9-10H2,1-3H3,(H,24,26). The van der Waals surface area contributed by atoms with Gasteiger partial charge in [-0.05, 0) is 197 Å². The number of carbonyl (C=O) groups is 4. The van der Waals surface area contributed by atoms with Gasteiger partial charge < -0.3 is 21.3 Å². The predicted molar refractivity (Wildman–Crippen MR) is 414 cm³/mol. The van der Waals surface area contributed by atoms with E-state index in [4.69, 9.17) is 23.2 Å². The number of rotatable bonds is 22. The van der Waals surface area contributed by atoms with Gasteiger partial charge in [0, 0.05) is 40.6 Å². The Kier molecular flexibility index (Phi) is 22.6. The van der Waals surface area contributed by atoms with Gasteiger partial charge in [-0.2, -0.15) is 20.4 Å². The van der Waals surface area contributed by atoms with E-state index in [0.29, 0.717) is 68.8 Å². The minimum atomic E-state index is -2.77. The number of unbranched alkanes of at least 4 members (excludes halogenated alkanes) is 4. The molecule has 16 nitrogen and oxygen atoms in total. The van der Waals surface area contributed by atoms with Gasteiger partial charge in [0.05, 0.1) is 56.8 Å². The van der Waals surface area contributed by atoms with E-state index in [9.17, 15) is 36.7 Å². The molecule has 4 N–H and O–H groups in total. The number of aryl methyl sites for hydroxylation is 8. The predicted octanol–water partition coefficient (Wildman–Crippen LogP) is 19.4. The molecule has 4 saturated carbocycles. The van der Waals surface area contributed by atoms with E-state index in [2.05, 4.69) is 170 Å². The number of halogens is 6. The zero-order valence-electron chi connectivity index (χ0n) is 64.6. The Morgan fingerprint density at radius 1 is 0.426 bits per heavy atom. The number of hydrogen-bond acceptors (Lipinski definition) is 8. The Morgan fingerprint density at radius 3 is 0.898 bits per heavy atom. The molecule has 0 radical (unpaired) electrons. The minimum Gasteiger partial charge on any atom is -0.342 e. The summed E-state index contributed by atoms with van der Waals surface area (Å²) in [6, 6.07) is 26.3. The fourth-order valence-electron chi connectivity index (χ4n) is 21.1. The Morgan fingerprint density at radius 2 is 0.676 bits per heavy atom. The topological polar surface area (TPSA) is 188 Å². The average molecular weight is 1520 g/mol. The molecule has 0 saturated heterocycles. The summed E-state index contributed by atoms with van der Waals surface area (Å²) >= 11 is 12.5. The zero-order chi connectivity index (χ0) is 77.1. The molecule has 108 heavy (non-hydrogen) atoms. The van der Waals surface area contributed by atoms with Crippen LogP contribution < -0.4 is 21.3 Å². The van der Waals surface area contributed by atoms with Crippen molar-refractivity contribution in [2.75, 3.05) is 0 Å². The van der Waals surface area contributed by atoms with E-state index >= 15 is 0 Å². The molecule has 8 aliphatic rings. The van der Waals surface area contributed by atoms with Crippen LogP contribution in [0.1, 0.15) is 312 Å². The smallest absolute Gasteiger partial charge is 0.282 e. The molecule has 0 aliphatic heterocycles. The van der Waals surface area contributed by atoms with Crippen molar-refractivity contribution >= 4 is 46.8 Å². The Hall–Kier alpha value is -8.10. The molecule has 0 spiro atoms. The van der Waals surface area contributed by atoms with Crippen molar-refractivity contribution in [1.29, 1.82) is 0 Å². The molecule has 8 aromatic rings. The van der Waals surface area contributed by atoms with E-state index in [-0.39, 0.29) is 34.0 Å². The van der Waals surface area contributed by atoms with Crippen molar-refractivity contribution in [3.8, 4) is 0 Å². The fourth-order valence-corrected chi connectivity index (χ4v) is 21.5. The molecule has 12 unspecified atom stereocenters. The van der Waals surface area contributed by atoms with E-state index in [1.807, 2.05) is 0 Å². The highest BCUT2D eigenvalue weighted by Gasteiger charge is 2.61. The van der Waals surface area contributed by atoms with Crippen LogP contribution in [-0.4, -0.2) is 62.8 Å². The lowest BCUT2D eigenvalue weighted by atomic mass is 9.81. The number of nitrogens with zero attached hydrogens (tertiary/aromatic N) is 8. The highest BCUT2D eigenvalue weighted by Crippen LogP contribution is 2.65. The second-order valence-electron chi connectivity index (χ2n) is 32.4. The van der Waals surface area contributed by atoms with Crippen LogP contribution in [-0.2, 0) is 50.3 Å². The molecule has 4 fully saturated rings. The molecular weight excluding hydrogens is 1410 g/mol. The quantitative estimate of drug-likeness (QED) is 0.0483. The number of benzene rings is 4. The van der Waals surface area contributed by atoms with Gasteiger partial charge in [0.1, 0.15) is 21.7 Å². The first kappa shape index (κ1) is 78.0. The highest BCUT2D eigenvalue weighted by molar-refractivity contribution is 6.33. The van der Waals surface area contributed by atoms with Crippen LogP contribution in [0.3, 0.4) is 0 Å². The molecule has 576 valence electrons. The van der Waals surface area contributed by atoms with Crippen LogP contribution >= 0.6 is 23.2 Å². The average Bonchev–Trinajstić information content (AvgIpc) is 1.57. The summed E-state index contributed by atoms with van der Waals surface area (Å²) in [5.41, 5.74) is 14.1. The molecule has 4 amide bonds. The normalized spacial score (nSPS) is 25.7. The van der Waals surface area contributed by atoms with Crippen molar-refractivity contribution in [3.63, 3.8) is 0 Å². The van der Waals surface area contributed by atoms with Crippen LogP contribution in [0, 0.1) is 51.4 Å². The van der Waals surface area contributed by atoms with E-state index in [0.717, 1.165) is 103 Å². The summed E-state index contributed by atoms with van der Waals surface area (Å²) in [4.78, 5) is 52.4. The maximum Gasteiger partial charge on any atom is 0.282 e. The number of aromatic nitrogens is 8. The van der Waals surface area contributed by atoms with Crippen LogP contribution in [0.4, 0.5) is 17.6 Å². The third-order valence-corrected chi connectivity index (χ3v) is 26.8. The molecule has 22 heteroatoms. The summed E-state index contributed by atoms with van der Waals surface area (Å²) < 4.78 is 59.1. The molecule has 8 aliphatic carbocycles. The van der Waals surface area contributed by atoms with Gasteiger partial charge >= 0.3 is 0 Å². The largest absolute Gasteiger partial charge is 0.342 e. The Bertz CT molecular complexity index is 4410. The Balaban J connectivity index is 0.000000127. The summed E-state index contributed by atoms with van der Waals surface area (Å²) in [5.74, 6) is 2.45. The third-order valence-electron chi connectivity index (χ3n) is 25.9. The fraction of sp³-hybridized carbons (Fsp3) is 0.535. The summed E-state index contributed by atoms with van der Waals surface area (Å²) in [6.07, 6.45) is 21.9. The van der Waals surface area contributed by atoms with Gasteiger partial charge in [0.15, 0.2) is 0 Å². The summed E-state index contributed by atoms with van der Waals surface area (Å²) in [7, 11) is 6.62. The molecule has 8 bridgehead atoms. The van der Waals surface area contributed by atoms with Crippen LogP contribution in [0.25, 0.3) is 0 Å². The van der Waals surface area contributed by atoms with Gasteiger partial charge in [0.25, 0.3) is 36.5 Å². The summed E-state index contributed by atoms with van der Waals surface area (Å²) in [6.45, 7) is 17.3. The lowest BCUT2D eigenvalue weighted by Crippen LogP contribution is -2.47. The first-order chi connectivity index (χ1) is 51.7.